The van der Waals surface area contributed by atoms with Gasteiger partial charge >= 0.3 is 5.97 Å². The van der Waals surface area contributed by atoms with E-state index in [1.807, 2.05) is 20.8 Å². The maximum atomic E-state index is 12.4. The molecule has 27 heavy (non-hydrogen) atoms. The third-order valence-electron chi connectivity index (χ3n) is 4.01. The Labute approximate surface area is 158 Å². The fraction of sp³-hybridized carbons (Fsp3) is 0.286. The van der Waals surface area contributed by atoms with Gasteiger partial charge in [0.25, 0.3) is 5.91 Å². The van der Waals surface area contributed by atoms with Gasteiger partial charge in [-0.15, -0.1) is 0 Å². The Morgan fingerprint density at radius 3 is 2.07 bits per heavy atom. The Bertz CT molecular complexity index is 808. The van der Waals surface area contributed by atoms with Crippen LogP contribution in [0.4, 0.5) is 0 Å². The molecule has 6 heteroatoms. The molecule has 0 aliphatic heterocycles. The molecule has 0 aliphatic carbocycles. The SMILES string of the molecule is CC(C)(C)C(=O)NCc1ccc(C(=O)N[C@@H](C(=O)O)c2ccccc2)cc1. The summed E-state index contributed by atoms with van der Waals surface area (Å²) < 4.78 is 0. The van der Waals surface area contributed by atoms with E-state index in [2.05, 4.69) is 10.6 Å². The summed E-state index contributed by atoms with van der Waals surface area (Å²) in [6, 6.07) is 14.1. The fourth-order valence-electron chi connectivity index (χ4n) is 2.37. The number of aliphatic carboxylic acids is 1. The summed E-state index contributed by atoms with van der Waals surface area (Å²) in [6.07, 6.45) is 0. The highest BCUT2D eigenvalue weighted by Gasteiger charge is 2.23. The molecule has 6 nitrogen and oxygen atoms in total. The van der Waals surface area contributed by atoms with E-state index in [-0.39, 0.29) is 5.91 Å². The van der Waals surface area contributed by atoms with Crippen molar-refractivity contribution in [3.63, 3.8) is 0 Å². The Kier molecular flexibility index (Phi) is 6.34. The van der Waals surface area contributed by atoms with Crippen molar-refractivity contribution in [2.45, 2.75) is 33.4 Å². The number of amides is 2. The van der Waals surface area contributed by atoms with Crippen LogP contribution in [0, 0.1) is 5.41 Å². The number of hydrogen-bond acceptors (Lipinski definition) is 3. The summed E-state index contributed by atoms with van der Waals surface area (Å²) >= 11 is 0. The molecule has 0 aromatic heterocycles. The van der Waals surface area contributed by atoms with Gasteiger partial charge in [0.05, 0.1) is 0 Å². The van der Waals surface area contributed by atoms with Crippen LogP contribution in [0.15, 0.2) is 54.6 Å². The molecule has 3 N–H and O–H groups in total. The van der Waals surface area contributed by atoms with E-state index in [1.165, 1.54) is 0 Å². The molecule has 0 spiro atoms. The van der Waals surface area contributed by atoms with Gasteiger partial charge < -0.3 is 15.7 Å². The molecule has 2 aromatic rings. The number of carbonyl (C=O) groups excluding carboxylic acids is 2. The third kappa shape index (κ3) is 5.67. The zero-order valence-electron chi connectivity index (χ0n) is 15.7. The summed E-state index contributed by atoms with van der Waals surface area (Å²) in [5.41, 5.74) is 1.23. The van der Waals surface area contributed by atoms with E-state index in [0.717, 1.165) is 5.56 Å². The first kappa shape index (κ1) is 20.2. The molecule has 0 heterocycles. The summed E-state index contributed by atoms with van der Waals surface area (Å²) in [5.74, 6) is -1.66. The van der Waals surface area contributed by atoms with Crippen molar-refractivity contribution in [3.05, 3.63) is 71.3 Å². The largest absolute Gasteiger partial charge is 0.479 e. The number of carbonyl (C=O) groups is 3. The van der Waals surface area contributed by atoms with Crippen molar-refractivity contribution in [3.8, 4) is 0 Å². The average molecular weight is 368 g/mol. The molecule has 0 saturated heterocycles. The van der Waals surface area contributed by atoms with Crippen LogP contribution < -0.4 is 10.6 Å². The minimum atomic E-state index is -1.13. The molecule has 142 valence electrons. The van der Waals surface area contributed by atoms with Crippen LogP contribution in [0.25, 0.3) is 0 Å². The van der Waals surface area contributed by atoms with Crippen molar-refractivity contribution in [1.29, 1.82) is 0 Å². The molecule has 0 radical (unpaired) electrons. The van der Waals surface area contributed by atoms with Gasteiger partial charge in [0.15, 0.2) is 6.04 Å². The number of benzene rings is 2. The number of hydrogen-bond donors (Lipinski definition) is 3. The molecule has 0 fully saturated rings. The van der Waals surface area contributed by atoms with Crippen molar-refractivity contribution in [2.24, 2.45) is 5.41 Å². The first-order valence-electron chi connectivity index (χ1n) is 8.64. The zero-order valence-corrected chi connectivity index (χ0v) is 15.7. The number of carboxylic acid groups (broad SMARTS) is 1. The minimum absolute atomic E-state index is 0.0588. The van der Waals surface area contributed by atoms with E-state index in [1.54, 1.807) is 54.6 Å². The first-order chi connectivity index (χ1) is 12.7. The van der Waals surface area contributed by atoms with Crippen molar-refractivity contribution in [2.75, 3.05) is 0 Å². The van der Waals surface area contributed by atoms with Gasteiger partial charge in [-0.05, 0) is 23.3 Å². The van der Waals surface area contributed by atoms with Crippen LogP contribution in [-0.4, -0.2) is 22.9 Å². The quantitative estimate of drug-likeness (QED) is 0.730. The van der Waals surface area contributed by atoms with E-state index >= 15 is 0 Å². The zero-order chi connectivity index (χ0) is 20.0. The smallest absolute Gasteiger partial charge is 0.330 e. The predicted octanol–water partition coefficient (Wildman–Crippen LogP) is 2.90. The van der Waals surface area contributed by atoms with Gasteiger partial charge in [0, 0.05) is 17.5 Å². The third-order valence-corrected chi connectivity index (χ3v) is 4.01. The Hall–Kier alpha value is -3.15. The lowest BCUT2D eigenvalue weighted by atomic mass is 9.95. The molecular weight excluding hydrogens is 344 g/mol. The lowest BCUT2D eigenvalue weighted by Crippen LogP contribution is -2.34. The topological polar surface area (TPSA) is 95.5 Å². The molecular formula is C21H24N2O4. The van der Waals surface area contributed by atoms with E-state index in [4.69, 9.17) is 0 Å². The molecule has 2 aromatic carbocycles. The van der Waals surface area contributed by atoms with Crippen LogP contribution in [-0.2, 0) is 16.1 Å². The van der Waals surface area contributed by atoms with Crippen LogP contribution in [0.1, 0.15) is 48.3 Å². The first-order valence-corrected chi connectivity index (χ1v) is 8.64. The lowest BCUT2D eigenvalue weighted by molar-refractivity contribution is -0.139. The van der Waals surface area contributed by atoms with Gasteiger partial charge in [0.2, 0.25) is 5.91 Å². The van der Waals surface area contributed by atoms with Crippen molar-refractivity contribution >= 4 is 17.8 Å². The molecule has 1 atom stereocenters. The maximum Gasteiger partial charge on any atom is 0.330 e. The van der Waals surface area contributed by atoms with Gasteiger partial charge in [-0.25, -0.2) is 4.79 Å². The highest BCUT2D eigenvalue weighted by atomic mass is 16.4. The Morgan fingerprint density at radius 1 is 0.963 bits per heavy atom. The minimum Gasteiger partial charge on any atom is -0.479 e. The second-order valence-electron chi connectivity index (χ2n) is 7.28. The summed E-state index contributed by atoms with van der Waals surface area (Å²) in [7, 11) is 0. The molecule has 0 aliphatic rings. The van der Waals surface area contributed by atoms with Crippen LogP contribution in [0.5, 0.6) is 0 Å². The van der Waals surface area contributed by atoms with Crippen LogP contribution >= 0.6 is 0 Å². The summed E-state index contributed by atoms with van der Waals surface area (Å²) in [6.45, 7) is 5.86. The fourth-order valence-corrected chi connectivity index (χ4v) is 2.37. The average Bonchev–Trinajstić information content (AvgIpc) is 2.64. The Balaban J connectivity index is 2.02. The van der Waals surface area contributed by atoms with Crippen molar-refractivity contribution < 1.29 is 19.5 Å². The monoisotopic (exact) mass is 368 g/mol. The normalized spacial score (nSPS) is 12.1. The van der Waals surface area contributed by atoms with Crippen LogP contribution in [0.3, 0.4) is 0 Å². The van der Waals surface area contributed by atoms with Crippen molar-refractivity contribution in [1.82, 2.24) is 10.6 Å². The molecule has 0 bridgehead atoms. The highest BCUT2D eigenvalue weighted by molar-refractivity contribution is 5.96. The number of carboxylic acids is 1. The lowest BCUT2D eigenvalue weighted by Gasteiger charge is -2.18. The maximum absolute atomic E-state index is 12.4. The number of rotatable bonds is 6. The molecule has 2 rings (SSSR count). The van der Waals surface area contributed by atoms with E-state index < -0.39 is 23.3 Å². The summed E-state index contributed by atoms with van der Waals surface area (Å²) in [5, 5.41) is 14.8. The Morgan fingerprint density at radius 2 is 1.56 bits per heavy atom. The van der Waals surface area contributed by atoms with Gasteiger partial charge in [-0.1, -0.05) is 63.2 Å². The molecule has 0 saturated carbocycles. The molecule has 2 amide bonds. The van der Waals surface area contributed by atoms with Crippen LogP contribution in [0.2, 0.25) is 0 Å². The van der Waals surface area contributed by atoms with E-state index in [0.29, 0.717) is 17.7 Å². The van der Waals surface area contributed by atoms with E-state index in [9.17, 15) is 19.5 Å². The second kappa shape index (κ2) is 8.49. The number of nitrogens with one attached hydrogen (secondary N) is 2. The second-order valence-corrected chi connectivity index (χ2v) is 7.28. The molecule has 0 unspecified atom stereocenters. The highest BCUT2D eigenvalue weighted by Crippen LogP contribution is 2.15. The predicted molar refractivity (Wildman–Crippen MR) is 102 cm³/mol. The van der Waals surface area contributed by atoms with Gasteiger partial charge in [-0.3, -0.25) is 9.59 Å². The van der Waals surface area contributed by atoms with Gasteiger partial charge in [-0.2, -0.15) is 0 Å². The summed E-state index contributed by atoms with van der Waals surface area (Å²) in [4.78, 5) is 35.8. The standard InChI is InChI=1S/C21H24N2O4/c1-21(2,3)20(27)22-13-14-9-11-16(12-10-14)18(24)23-17(19(25)26)15-7-5-4-6-8-15/h4-12,17H,13H2,1-3H3,(H,22,27)(H,23,24)(H,25,26)/t17-/m1/s1. The van der Waals surface area contributed by atoms with Gasteiger partial charge in [0.1, 0.15) is 0 Å².